The van der Waals surface area contributed by atoms with Gasteiger partial charge < -0.3 is 33.9 Å². The summed E-state index contributed by atoms with van der Waals surface area (Å²) < 4.78 is 27.2. The molecule has 0 amide bonds. The number of rotatable bonds is 18. The van der Waals surface area contributed by atoms with E-state index in [-0.39, 0.29) is 72.9 Å². The molecule has 0 aliphatic heterocycles. The van der Waals surface area contributed by atoms with E-state index in [1.54, 1.807) is 0 Å². The van der Waals surface area contributed by atoms with Crippen molar-refractivity contribution in [2.75, 3.05) is 52.9 Å². The van der Waals surface area contributed by atoms with Crippen LogP contribution in [0.15, 0.2) is 24.3 Å². The molecule has 0 fully saturated rings. The molecular weight excluding hydrogens is 648 g/mol. The Morgan fingerprint density at radius 3 is 0.922 bits per heavy atom. The molecule has 0 aliphatic rings. The molecule has 2 rings (SSSR count). The maximum atomic E-state index is 12.3. The summed E-state index contributed by atoms with van der Waals surface area (Å²) in [4.78, 5) is 24.7. The molecule has 0 radical (unpaired) electrons. The lowest BCUT2D eigenvalue weighted by atomic mass is 9.78. The van der Waals surface area contributed by atoms with Crippen molar-refractivity contribution in [3.63, 3.8) is 0 Å². The number of aryl methyl sites for hydroxylation is 2. The Hall–Kier alpha value is -3.14. The molecule has 0 unspecified atom stereocenters. The van der Waals surface area contributed by atoms with Gasteiger partial charge in [-0.15, -0.1) is 0 Å². The normalized spacial score (nSPS) is 12.6. The van der Waals surface area contributed by atoms with E-state index in [0.717, 1.165) is 33.4 Å². The van der Waals surface area contributed by atoms with Gasteiger partial charge in [0.05, 0.1) is 39.6 Å². The molecule has 0 atom stereocenters. The molecule has 2 aromatic carbocycles. The summed E-state index contributed by atoms with van der Waals surface area (Å²) in [6.07, 6.45) is 1.55. The van der Waals surface area contributed by atoms with Gasteiger partial charge in [-0.2, -0.15) is 0 Å². The molecule has 2 N–H and O–H groups in total. The van der Waals surface area contributed by atoms with Gasteiger partial charge in [0.2, 0.25) is 0 Å². The van der Waals surface area contributed by atoms with Crippen LogP contribution < -0.4 is 0 Å². The molecule has 51 heavy (non-hydrogen) atoms. The van der Waals surface area contributed by atoms with Crippen molar-refractivity contribution < 1.29 is 43.5 Å². The van der Waals surface area contributed by atoms with E-state index in [0.29, 0.717) is 50.8 Å². The van der Waals surface area contributed by atoms with Crippen LogP contribution in [-0.4, -0.2) is 75.0 Å². The highest BCUT2D eigenvalue weighted by Crippen LogP contribution is 2.41. The summed E-state index contributed by atoms with van der Waals surface area (Å²) in [5.74, 6) is 0.0818. The SMILES string of the molecule is CC(C)(C)c1cc(CCC(=O)OCCOCCOCCOCCOC(=O)CCc2cc(C(C)(C)C)c(O)c(C(C)(C)C)c2)cc(C(C)(C)C)c1O. The zero-order chi connectivity index (χ0) is 38.6. The minimum atomic E-state index is -0.290. The number of hydrogen-bond donors (Lipinski definition) is 2. The highest BCUT2D eigenvalue weighted by Gasteiger charge is 2.28. The lowest BCUT2D eigenvalue weighted by Crippen LogP contribution is -2.18. The van der Waals surface area contributed by atoms with Crippen molar-refractivity contribution >= 4 is 11.9 Å². The van der Waals surface area contributed by atoms with Gasteiger partial charge in [0, 0.05) is 12.8 Å². The van der Waals surface area contributed by atoms with Crippen molar-refractivity contribution in [3.8, 4) is 11.5 Å². The summed E-state index contributed by atoms with van der Waals surface area (Å²) in [6, 6.07) is 7.97. The van der Waals surface area contributed by atoms with E-state index in [4.69, 9.17) is 23.7 Å². The van der Waals surface area contributed by atoms with Crippen molar-refractivity contribution in [1.29, 1.82) is 0 Å². The second kappa shape index (κ2) is 19.1. The number of hydrogen-bond acceptors (Lipinski definition) is 9. The number of carbonyl (C=O) groups is 2. The minimum absolute atomic E-state index is 0.168. The molecular formula is C42H66O9. The van der Waals surface area contributed by atoms with Gasteiger partial charge in [-0.3, -0.25) is 9.59 Å². The van der Waals surface area contributed by atoms with Crippen molar-refractivity contribution in [1.82, 2.24) is 0 Å². The number of esters is 2. The third kappa shape index (κ3) is 15.2. The third-order valence-electron chi connectivity index (χ3n) is 8.53. The molecule has 0 saturated carbocycles. The molecule has 288 valence electrons. The van der Waals surface area contributed by atoms with Crippen LogP contribution in [0, 0.1) is 0 Å². The molecule has 0 heterocycles. The Balaban J connectivity index is 1.56. The fraction of sp³-hybridized carbons (Fsp3) is 0.667. The van der Waals surface area contributed by atoms with Gasteiger partial charge in [0.15, 0.2) is 0 Å². The van der Waals surface area contributed by atoms with Crippen molar-refractivity contribution in [3.05, 3.63) is 57.6 Å². The standard InChI is InChI=1S/C42H66O9/c1-39(2,3)31-25-29(26-32(37(31)45)40(4,5)6)13-15-35(43)50-23-21-48-19-17-47-18-20-49-22-24-51-36(44)16-14-30-27-33(41(7,8)9)38(46)34(28-30)42(10,11)12/h25-28,45-46H,13-24H2,1-12H3. The highest BCUT2D eigenvalue weighted by atomic mass is 16.6. The van der Waals surface area contributed by atoms with Crippen LogP contribution in [0.4, 0.5) is 0 Å². The lowest BCUT2D eigenvalue weighted by molar-refractivity contribution is -0.145. The molecule has 2 aromatic rings. The quantitative estimate of drug-likeness (QED) is 0.117. The minimum Gasteiger partial charge on any atom is -0.507 e. The Morgan fingerprint density at radius 2 is 0.686 bits per heavy atom. The van der Waals surface area contributed by atoms with Crippen LogP contribution in [0.25, 0.3) is 0 Å². The van der Waals surface area contributed by atoms with E-state index in [1.807, 2.05) is 24.3 Å². The Morgan fingerprint density at radius 1 is 0.451 bits per heavy atom. The number of benzene rings is 2. The van der Waals surface area contributed by atoms with Gasteiger partial charge in [-0.05, 0) is 67.9 Å². The van der Waals surface area contributed by atoms with E-state index in [9.17, 15) is 19.8 Å². The molecule has 0 aliphatic carbocycles. The highest BCUT2D eigenvalue weighted by molar-refractivity contribution is 5.70. The van der Waals surface area contributed by atoms with Crippen molar-refractivity contribution in [2.24, 2.45) is 0 Å². The van der Waals surface area contributed by atoms with Gasteiger partial charge in [0.1, 0.15) is 24.7 Å². The van der Waals surface area contributed by atoms with Crippen LogP contribution in [-0.2, 0) is 67.8 Å². The molecule has 0 saturated heterocycles. The lowest BCUT2D eigenvalue weighted by Gasteiger charge is -2.28. The van der Waals surface area contributed by atoms with Gasteiger partial charge in [-0.1, -0.05) is 107 Å². The molecule has 0 spiro atoms. The van der Waals surface area contributed by atoms with E-state index < -0.39 is 0 Å². The molecule has 0 bridgehead atoms. The van der Waals surface area contributed by atoms with E-state index >= 15 is 0 Å². The topological polar surface area (TPSA) is 121 Å². The van der Waals surface area contributed by atoms with Gasteiger partial charge in [0.25, 0.3) is 0 Å². The predicted molar refractivity (Wildman–Crippen MR) is 202 cm³/mol. The predicted octanol–water partition coefficient (Wildman–Crippen LogP) is 7.99. The molecule has 0 aromatic heterocycles. The zero-order valence-electron chi connectivity index (χ0n) is 33.5. The summed E-state index contributed by atoms with van der Waals surface area (Å²) in [5, 5.41) is 21.8. The number of ether oxygens (including phenoxy) is 5. The third-order valence-corrected chi connectivity index (χ3v) is 8.53. The van der Waals surface area contributed by atoms with Gasteiger partial charge >= 0.3 is 11.9 Å². The summed E-state index contributed by atoms with van der Waals surface area (Å²) in [6.45, 7) is 27.2. The van der Waals surface area contributed by atoms with Gasteiger partial charge in [-0.25, -0.2) is 0 Å². The largest absolute Gasteiger partial charge is 0.507 e. The fourth-order valence-corrected chi connectivity index (χ4v) is 5.57. The Bertz CT molecular complexity index is 1240. The maximum absolute atomic E-state index is 12.3. The maximum Gasteiger partial charge on any atom is 0.306 e. The number of aromatic hydroxyl groups is 2. The average Bonchev–Trinajstić information content (AvgIpc) is 2.99. The molecule has 9 nitrogen and oxygen atoms in total. The smallest absolute Gasteiger partial charge is 0.306 e. The summed E-state index contributed by atoms with van der Waals surface area (Å²) in [7, 11) is 0. The second-order valence-corrected chi connectivity index (χ2v) is 17.4. The van der Waals surface area contributed by atoms with Crippen LogP contribution >= 0.6 is 0 Å². The second-order valence-electron chi connectivity index (χ2n) is 17.4. The Labute approximate surface area is 307 Å². The van der Waals surface area contributed by atoms with Crippen LogP contribution in [0.1, 0.15) is 129 Å². The first-order chi connectivity index (χ1) is 23.5. The Kier molecular flexibility index (Phi) is 16.5. The van der Waals surface area contributed by atoms with E-state index in [1.165, 1.54) is 0 Å². The molecule has 9 heteroatoms. The monoisotopic (exact) mass is 714 g/mol. The first-order valence-electron chi connectivity index (χ1n) is 18.3. The van der Waals surface area contributed by atoms with E-state index in [2.05, 4.69) is 83.1 Å². The van der Waals surface area contributed by atoms with Crippen molar-refractivity contribution in [2.45, 2.75) is 130 Å². The summed E-state index contributed by atoms with van der Waals surface area (Å²) in [5.41, 5.74) is 4.63. The number of carbonyl (C=O) groups excluding carboxylic acids is 2. The first-order valence-corrected chi connectivity index (χ1v) is 18.3. The van der Waals surface area contributed by atoms with Crippen LogP contribution in [0.5, 0.6) is 11.5 Å². The number of phenolic OH excluding ortho intramolecular Hbond substituents is 2. The average molecular weight is 715 g/mol. The van der Waals surface area contributed by atoms with Crippen LogP contribution in [0.3, 0.4) is 0 Å². The summed E-state index contributed by atoms with van der Waals surface area (Å²) >= 11 is 0. The van der Waals surface area contributed by atoms with Crippen LogP contribution in [0.2, 0.25) is 0 Å². The fourth-order valence-electron chi connectivity index (χ4n) is 5.57. The zero-order valence-corrected chi connectivity index (χ0v) is 33.5. The first kappa shape index (κ1) is 44.0. The number of phenols is 2.